The maximum atomic E-state index is 13.0. The average molecular weight is 325 g/mol. The molecule has 1 aromatic carbocycles. The summed E-state index contributed by atoms with van der Waals surface area (Å²) in [6.07, 6.45) is 4.43. The molecule has 6 heteroatoms. The topological polar surface area (TPSA) is 63.1 Å². The second-order valence-corrected chi connectivity index (χ2v) is 6.87. The SMILES string of the molecule is C[C@H](N[C@@H]1CCc2ncnn2C1)C(=O)N1c2ccccc2C[C@H]1C. The molecule has 0 saturated heterocycles. The third-order valence-electron chi connectivity index (χ3n) is 5.11. The molecule has 126 valence electrons. The van der Waals surface area contributed by atoms with Gasteiger partial charge in [-0.1, -0.05) is 18.2 Å². The van der Waals surface area contributed by atoms with Crippen LogP contribution in [0.3, 0.4) is 0 Å². The molecule has 0 unspecified atom stereocenters. The molecule has 0 spiro atoms. The lowest BCUT2D eigenvalue weighted by atomic mass is 10.1. The van der Waals surface area contributed by atoms with Crippen molar-refractivity contribution in [3.05, 3.63) is 42.0 Å². The van der Waals surface area contributed by atoms with Crippen LogP contribution >= 0.6 is 0 Å². The van der Waals surface area contributed by atoms with E-state index < -0.39 is 0 Å². The van der Waals surface area contributed by atoms with Gasteiger partial charge in [0.1, 0.15) is 12.2 Å². The first-order valence-electron chi connectivity index (χ1n) is 8.67. The van der Waals surface area contributed by atoms with Gasteiger partial charge in [-0.15, -0.1) is 0 Å². The van der Waals surface area contributed by atoms with Crippen LogP contribution in [0.1, 0.15) is 31.7 Å². The van der Waals surface area contributed by atoms with Gasteiger partial charge in [-0.3, -0.25) is 4.79 Å². The molecule has 2 aromatic rings. The summed E-state index contributed by atoms with van der Waals surface area (Å²) in [5.41, 5.74) is 2.32. The van der Waals surface area contributed by atoms with Crippen molar-refractivity contribution in [2.75, 3.05) is 4.90 Å². The molecule has 6 nitrogen and oxygen atoms in total. The number of fused-ring (bicyclic) bond motifs is 2. The number of aryl methyl sites for hydroxylation is 1. The monoisotopic (exact) mass is 325 g/mol. The molecule has 0 saturated carbocycles. The van der Waals surface area contributed by atoms with Crippen LogP contribution in [0.25, 0.3) is 0 Å². The van der Waals surface area contributed by atoms with Crippen LogP contribution in [0.5, 0.6) is 0 Å². The van der Waals surface area contributed by atoms with Gasteiger partial charge in [0.2, 0.25) is 5.91 Å². The van der Waals surface area contributed by atoms with E-state index in [1.165, 1.54) is 5.56 Å². The average Bonchev–Trinajstić information content (AvgIpc) is 3.16. The molecule has 0 aliphatic carbocycles. The first kappa shape index (κ1) is 15.3. The lowest BCUT2D eigenvalue weighted by Gasteiger charge is -2.30. The summed E-state index contributed by atoms with van der Waals surface area (Å²) in [4.78, 5) is 19.2. The number of benzene rings is 1. The first-order chi connectivity index (χ1) is 11.6. The molecule has 1 aromatic heterocycles. The Balaban J connectivity index is 1.45. The number of nitrogens with one attached hydrogen (secondary N) is 1. The number of carbonyl (C=O) groups is 1. The zero-order valence-corrected chi connectivity index (χ0v) is 14.1. The van der Waals surface area contributed by atoms with E-state index in [4.69, 9.17) is 0 Å². The molecule has 1 N–H and O–H groups in total. The quantitative estimate of drug-likeness (QED) is 0.930. The summed E-state index contributed by atoms with van der Waals surface area (Å²) in [5.74, 6) is 1.19. The second kappa shape index (κ2) is 6.02. The first-order valence-corrected chi connectivity index (χ1v) is 8.67. The number of aromatic nitrogens is 3. The van der Waals surface area contributed by atoms with E-state index in [-0.39, 0.29) is 24.0 Å². The predicted octanol–water partition coefficient (Wildman–Crippen LogP) is 1.55. The zero-order valence-electron chi connectivity index (χ0n) is 14.1. The zero-order chi connectivity index (χ0) is 16.7. The van der Waals surface area contributed by atoms with Crippen molar-refractivity contribution in [1.82, 2.24) is 20.1 Å². The summed E-state index contributed by atoms with van der Waals surface area (Å²) >= 11 is 0. The van der Waals surface area contributed by atoms with Crippen LogP contribution in [0, 0.1) is 0 Å². The van der Waals surface area contributed by atoms with Crippen molar-refractivity contribution in [2.45, 2.75) is 57.8 Å². The summed E-state index contributed by atoms with van der Waals surface area (Å²) in [7, 11) is 0. The molecule has 1 amide bonds. The van der Waals surface area contributed by atoms with Crippen LogP contribution in [-0.4, -0.2) is 38.8 Å². The Kier molecular flexibility index (Phi) is 3.84. The van der Waals surface area contributed by atoms with Crippen LogP contribution in [0.15, 0.2) is 30.6 Å². The van der Waals surface area contributed by atoms with Crippen molar-refractivity contribution in [2.24, 2.45) is 0 Å². The molecule has 0 radical (unpaired) electrons. The minimum Gasteiger partial charge on any atom is -0.308 e. The van der Waals surface area contributed by atoms with E-state index in [9.17, 15) is 4.79 Å². The van der Waals surface area contributed by atoms with Crippen molar-refractivity contribution < 1.29 is 4.79 Å². The standard InChI is InChI=1S/C18H23N5O/c1-12-9-14-5-3-4-6-16(14)23(12)18(24)13(2)21-15-7-8-17-19-11-20-22(17)10-15/h3-6,11-13,15,21H,7-10H2,1-2H3/t12-,13+,15-/m1/s1. The van der Waals surface area contributed by atoms with E-state index in [2.05, 4.69) is 28.4 Å². The third kappa shape index (κ3) is 2.60. The number of para-hydroxylation sites is 1. The van der Waals surface area contributed by atoms with Gasteiger partial charge in [-0.2, -0.15) is 5.10 Å². The number of hydrogen-bond donors (Lipinski definition) is 1. The summed E-state index contributed by atoms with van der Waals surface area (Å²) in [6, 6.07) is 8.46. The largest absolute Gasteiger partial charge is 0.308 e. The minimum absolute atomic E-state index is 0.150. The van der Waals surface area contributed by atoms with Crippen molar-refractivity contribution in [3.8, 4) is 0 Å². The Morgan fingerprint density at radius 2 is 2.21 bits per heavy atom. The maximum Gasteiger partial charge on any atom is 0.244 e. The van der Waals surface area contributed by atoms with Gasteiger partial charge in [0.05, 0.1) is 12.6 Å². The van der Waals surface area contributed by atoms with Gasteiger partial charge < -0.3 is 10.2 Å². The van der Waals surface area contributed by atoms with E-state index >= 15 is 0 Å². The number of hydrogen-bond acceptors (Lipinski definition) is 4. The molecular weight excluding hydrogens is 302 g/mol. The Labute approximate surface area is 141 Å². The van der Waals surface area contributed by atoms with E-state index in [0.29, 0.717) is 0 Å². The van der Waals surface area contributed by atoms with Crippen LogP contribution in [0.2, 0.25) is 0 Å². The lowest BCUT2D eigenvalue weighted by Crippen LogP contribution is -2.52. The van der Waals surface area contributed by atoms with Gasteiger partial charge in [-0.05, 0) is 38.3 Å². The Morgan fingerprint density at radius 1 is 1.38 bits per heavy atom. The Hall–Kier alpha value is -2.21. The van der Waals surface area contributed by atoms with E-state index in [0.717, 1.165) is 37.3 Å². The molecule has 2 aliphatic heterocycles. The Bertz CT molecular complexity index is 755. The highest BCUT2D eigenvalue weighted by molar-refractivity contribution is 5.99. The second-order valence-electron chi connectivity index (χ2n) is 6.87. The van der Waals surface area contributed by atoms with Gasteiger partial charge in [0.25, 0.3) is 0 Å². The number of anilines is 1. The summed E-state index contributed by atoms with van der Waals surface area (Å²) in [5, 5.41) is 7.75. The molecule has 4 rings (SSSR count). The summed E-state index contributed by atoms with van der Waals surface area (Å²) in [6.45, 7) is 4.86. The number of rotatable bonds is 3. The number of carbonyl (C=O) groups excluding carboxylic acids is 1. The highest BCUT2D eigenvalue weighted by atomic mass is 16.2. The van der Waals surface area contributed by atoms with Crippen molar-refractivity contribution in [1.29, 1.82) is 0 Å². The normalized spacial score (nSPS) is 23.7. The molecule has 2 aliphatic rings. The van der Waals surface area contributed by atoms with Crippen molar-refractivity contribution >= 4 is 11.6 Å². The molecule has 0 fully saturated rings. The lowest BCUT2D eigenvalue weighted by molar-refractivity contribution is -0.120. The van der Waals surface area contributed by atoms with Gasteiger partial charge in [0, 0.05) is 24.2 Å². The fraction of sp³-hybridized carbons (Fsp3) is 0.500. The van der Waals surface area contributed by atoms with E-state index in [1.807, 2.05) is 34.7 Å². The maximum absolute atomic E-state index is 13.0. The fourth-order valence-corrected chi connectivity index (χ4v) is 3.91. The fourth-order valence-electron chi connectivity index (χ4n) is 3.91. The number of amides is 1. The highest BCUT2D eigenvalue weighted by Gasteiger charge is 2.34. The van der Waals surface area contributed by atoms with E-state index in [1.54, 1.807) is 6.33 Å². The summed E-state index contributed by atoms with van der Waals surface area (Å²) < 4.78 is 1.94. The molecule has 0 bridgehead atoms. The third-order valence-corrected chi connectivity index (χ3v) is 5.11. The molecular formula is C18H23N5O. The van der Waals surface area contributed by atoms with Gasteiger partial charge >= 0.3 is 0 Å². The molecule has 3 heterocycles. The van der Waals surface area contributed by atoms with Crippen LogP contribution in [0.4, 0.5) is 5.69 Å². The smallest absolute Gasteiger partial charge is 0.244 e. The minimum atomic E-state index is -0.214. The Morgan fingerprint density at radius 3 is 3.08 bits per heavy atom. The highest BCUT2D eigenvalue weighted by Crippen LogP contribution is 2.32. The van der Waals surface area contributed by atoms with Crippen LogP contribution < -0.4 is 10.2 Å². The number of nitrogens with zero attached hydrogens (tertiary/aromatic N) is 4. The van der Waals surface area contributed by atoms with Gasteiger partial charge in [0.15, 0.2) is 0 Å². The van der Waals surface area contributed by atoms with Crippen molar-refractivity contribution in [3.63, 3.8) is 0 Å². The molecule has 24 heavy (non-hydrogen) atoms. The molecule has 3 atom stereocenters. The van der Waals surface area contributed by atoms with Crippen LogP contribution in [-0.2, 0) is 24.2 Å². The van der Waals surface area contributed by atoms with Gasteiger partial charge in [-0.25, -0.2) is 9.67 Å². The predicted molar refractivity (Wildman–Crippen MR) is 91.8 cm³/mol.